The van der Waals surface area contributed by atoms with E-state index in [2.05, 4.69) is 35.1 Å². The van der Waals surface area contributed by atoms with Crippen molar-refractivity contribution in [1.29, 1.82) is 0 Å². The van der Waals surface area contributed by atoms with E-state index in [0.717, 1.165) is 59.8 Å². The molecule has 9 nitrogen and oxygen atoms in total. The zero-order valence-electron chi connectivity index (χ0n) is 16.0. The maximum Gasteiger partial charge on any atom is 0.231 e. The molecule has 5 heterocycles. The zero-order chi connectivity index (χ0) is 19.1. The van der Waals surface area contributed by atoms with Crippen molar-refractivity contribution in [1.82, 2.24) is 34.8 Å². The fourth-order valence-electron chi connectivity index (χ4n) is 3.73. The van der Waals surface area contributed by atoms with Crippen molar-refractivity contribution < 1.29 is 4.74 Å². The number of imidazole rings is 1. The second-order valence-corrected chi connectivity index (χ2v) is 7.30. The Bertz CT molecular complexity index is 1130. The van der Waals surface area contributed by atoms with Crippen LogP contribution in [-0.2, 0) is 0 Å². The van der Waals surface area contributed by atoms with E-state index in [1.54, 1.807) is 12.5 Å². The molecular weight excluding hydrogens is 356 g/mol. The minimum absolute atomic E-state index is 0.501. The number of piperidine rings is 1. The van der Waals surface area contributed by atoms with E-state index in [-0.39, 0.29) is 0 Å². The summed E-state index contributed by atoms with van der Waals surface area (Å²) in [5.41, 5.74) is 3.67. The van der Waals surface area contributed by atoms with E-state index < -0.39 is 0 Å². The first kappa shape index (κ1) is 16.9. The second kappa shape index (κ2) is 6.74. The van der Waals surface area contributed by atoms with Crippen LogP contribution in [0.3, 0.4) is 0 Å². The highest BCUT2D eigenvalue weighted by atomic mass is 16.5. The van der Waals surface area contributed by atoms with Gasteiger partial charge < -0.3 is 9.64 Å². The largest absolute Gasteiger partial charge is 0.476 e. The van der Waals surface area contributed by atoms with E-state index in [4.69, 9.17) is 4.74 Å². The van der Waals surface area contributed by atoms with Crippen LogP contribution in [-0.4, -0.2) is 54.5 Å². The number of H-pyrrole nitrogens is 1. The van der Waals surface area contributed by atoms with Crippen molar-refractivity contribution in [3.8, 4) is 5.88 Å². The molecule has 1 aliphatic rings. The first-order chi connectivity index (χ1) is 13.7. The van der Waals surface area contributed by atoms with Crippen molar-refractivity contribution in [2.75, 3.05) is 24.6 Å². The molecule has 0 aliphatic carbocycles. The Morgan fingerprint density at radius 2 is 2.04 bits per heavy atom. The molecule has 0 bridgehead atoms. The summed E-state index contributed by atoms with van der Waals surface area (Å²) in [6, 6.07) is 3.85. The highest BCUT2D eigenvalue weighted by molar-refractivity contribution is 5.86. The monoisotopic (exact) mass is 378 g/mol. The third kappa shape index (κ3) is 2.92. The molecule has 0 unspecified atom stereocenters. The van der Waals surface area contributed by atoms with Gasteiger partial charge in [-0.05, 0) is 38.7 Å². The Balaban J connectivity index is 1.22. The number of aryl methyl sites for hydroxylation is 2. The van der Waals surface area contributed by atoms with E-state index in [1.165, 1.54) is 0 Å². The summed E-state index contributed by atoms with van der Waals surface area (Å²) in [6.45, 7) is 6.57. The summed E-state index contributed by atoms with van der Waals surface area (Å²) in [5.74, 6) is 2.10. The van der Waals surface area contributed by atoms with Crippen LogP contribution in [0.4, 0.5) is 5.82 Å². The number of hydrogen-bond acceptors (Lipinski definition) is 7. The SMILES string of the molecule is Cc1nc2ccc(OCC3CCN(c4ncnc5[nH]ncc45)CC3)nn2c1C. The van der Waals surface area contributed by atoms with Gasteiger partial charge in [-0.15, -0.1) is 5.10 Å². The standard InChI is InChI=1S/C19H22N8O/c1-12-13(2)27-16(23-12)3-4-17(25-27)28-10-14-5-7-26(8-6-14)19-15-9-22-24-18(15)20-11-21-19/h3-4,9,11,14H,5-8,10H2,1-2H3,(H,20,21,22,24). The minimum atomic E-state index is 0.501. The van der Waals surface area contributed by atoms with E-state index >= 15 is 0 Å². The van der Waals surface area contributed by atoms with Crippen LogP contribution in [0, 0.1) is 19.8 Å². The van der Waals surface area contributed by atoms with Crippen molar-refractivity contribution in [2.24, 2.45) is 5.92 Å². The maximum absolute atomic E-state index is 6.00. The number of aromatic amines is 1. The number of nitrogens with zero attached hydrogens (tertiary/aromatic N) is 7. The van der Waals surface area contributed by atoms with Gasteiger partial charge in [-0.3, -0.25) is 5.10 Å². The van der Waals surface area contributed by atoms with Gasteiger partial charge in [-0.2, -0.15) is 5.10 Å². The Hall–Kier alpha value is -3.23. The number of nitrogens with one attached hydrogen (secondary N) is 1. The van der Waals surface area contributed by atoms with Crippen LogP contribution < -0.4 is 9.64 Å². The predicted octanol–water partition coefficient (Wildman–Crippen LogP) is 2.31. The molecule has 144 valence electrons. The molecular formula is C19H22N8O. The maximum atomic E-state index is 6.00. The molecule has 5 rings (SSSR count). The lowest BCUT2D eigenvalue weighted by molar-refractivity contribution is 0.213. The molecule has 1 N–H and O–H groups in total. The van der Waals surface area contributed by atoms with Gasteiger partial charge >= 0.3 is 0 Å². The smallest absolute Gasteiger partial charge is 0.231 e. The van der Waals surface area contributed by atoms with Gasteiger partial charge in [0, 0.05) is 19.2 Å². The summed E-state index contributed by atoms with van der Waals surface area (Å²) in [4.78, 5) is 15.5. The first-order valence-corrected chi connectivity index (χ1v) is 9.54. The summed E-state index contributed by atoms with van der Waals surface area (Å²) >= 11 is 0. The van der Waals surface area contributed by atoms with Gasteiger partial charge in [0.05, 0.1) is 29.6 Å². The molecule has 0 amide bonds. The Morgan fingerprint density at radius 1 is 1.18 bits per heavy atom. The molecule has 1 fully saturated rings. The molecule has 9 heteroatoms. The number of ether oxygens (including phenoxy) is 1. The quantitative estimate of drug-likeness (QED) is 0.582. The summed E-state index contributed by atoms with van der Waals surface area (Å²) in [6.07, 6.45) is 5.48. The lowest BCUT2D eigenvalue weighted by atomic mass is 9.98. The van der Waals surface area contributed by atoms with Crippen molar-refractivity contribution in [3.05, 3.63) is 36.0 Å². The van der Waals surface area contributed by atoms with Gasteiger partial charge in [0.1, 0.15) is 12.1 Å². The van der Waals surface area contributed by atoms with Crippen LogP contribution >= 0.6 is 0 Å². The van der Waals surface area contributed by atoms with Crippen LogP contribution in [0.25, 0.3) is 16.7 Å². The fourth-order valence-corrected chi connectivity index (χ4v) is 3.73. The summed E-state index contributed by atoms with van der Waals surface area (Å²) in [5, 5.41) is 12.5. The highest BCUT2D eigenvalue weighted by Gasteiger charge is 2.23. The third-order valence-corrected chi connectivity index (χ3v) is 5.52. The predicted molar refractivity (Wildman–Crippen MR) is 105 cm³/mol. The number of rotatable bonds is 4. The summed E-state index contributed by atoms with van der Waals surface area (Å²) < 4.78 is 7.84. The van der Waals surface area contributed by atoms with Crippen LogP contribution in [0.2, 0.25) is 0 Å². The molecule has 28 heavy (non-hydrogen) atoms. The third-order valence-electron chi connectivity index (χ3n) is 5.52. The molecule has 0 radical (unpaired) electrons. The number of anilines is 1. The summed E-state index contributed by atoms with van der Waals surface area (Å²) in [7, 11) is 0. The topological polar surface area (TPSA) is 97.1 Å². The van der Waals surface area contributed by atoms with E-state index in [1.807, 2.05) is 30.5 Å². The zero-order valence-corrected chi connectivity index (χ0v) is 16.0. The molecule has 0 aromatic carbocycles. The van der Waals surface area contributed by atoms with Gasteiger partial charge in [0.15, 0.2) is 11.3 Å². The van der Waals surface area contributed by atoms with Gasteiger partial charge in [0.25, 0.3) is 0 Å². The molecule has 0 saturated carbocycles. The van der Waals surface area contributed by atoms with Gasteiger partial charge in [0.2, 0.25) is 5.88 Å². The van der Waals surface area contributed by atoms with Crippen LogP contribution in [0.5, 0.6) is 5.88 Å². The number of hydrogen-bond donors (Lipinski definition) is 1. The molecule has 4 aromatic rings. The van der Waals surface area contributed by atoms with Crippen molar-refractivity contribution >= 4 is 22.5 Å². The molecule has 4 aromatic heterocycles. The highest BCUT2D eigenvalue weighted by Crippen LogP contribution is 2.26. The lowest BCUT2D eigenvalue weighted by Crippen LogP contribution is -2.36. The average molecular weight is 378 g/mol. The number of aromatic nitrogens is 7. The first-order valence-electron chi connectivity index (χ1n) is 9.54. The van der Waals surface area contributed by atoms with Gasteiger partial charge in [-0.25, -0.2) is 19.5 Å². The van der Waals surface area contributed by atoms with Gasteiger partial charge in [-0.1, -0.05) is 0 Å². The Morgan fingerprint density at radius 3 is 2.89 bits per heavy atom. The van der Waals surface area contributed by atoms with Crippen LogP contribution in [0.1, 0.15) is 24.2 Å². The fraction of sp³-hybridized carbons (Fsp3) is 0.421. The molecule has 1 aliphatic heterocycles. The molecule has 0 atom stereocenters. The average Bonchev–Trinajstić information content (AvgIpc) is 3.31. The second-order valence-electron chi connectivity index (χ2n) is 7.30. The van der Waals surface area contributed by atoms with Crippen LogP contribution in [0.15, 0.2) is 24.7 Å². The Kier molecular flexibility index (Phi) is 4.07. The van der Waals surface area contributed by atoms with Crippen molar-refractivity contribution in [3.63, 3.8) is 0 Å². The molecule has 0 spiro atoms. The normalized spacial score (nSPS) is 15.6. The van der Waals surface area contributed by atoms with Crippen molar-refractivity contribution in [2.45, 2.75) is 26.7 Å². The number of fused-ring (bicyclic) bond motifs is 2. The minimum Gasteiger partial charge on any atom is -0.476 e. The van der Waals surface area contributed by atoms with E-state index in [9.17, 15) is 0 Å². The van der Waals surface area contributed by atoms with E-state index in [0.29, 0.717) is 18.4 Å². The lowest BCUT2D eigenvalue weighted by Gasteiger charge is -2.32. The molecule has 1 saturated heterocycles. The Labute approximate surface area is 161 Å².